The monoisotopic (exact) mass is 327 g/mol. The fourth-order valence-corrected chi connectivity index (χ4v) is 1.79. The molecule has 2 rings (SSSR count). The van der Waals surface area contributed by atoms with E-state index >= 15 is 0 Å². The highest BCUT2D eigenvalue weighted by Crippen LogP contribution is 2.17. The van der Waals surface area contributed by atoms with Crippen molar-refractivity contribution in [2.24, 2.45) is 0 Å². The molecular weight excluding hydrogens is 316 g/mol. The Labute approximate surface area is 118 Å². The quantitative estimate of drug-likeness (QED) is 0.830. The lowest BCUT2D eigenvalue weighted by Gasteiger charge is -2.09. The zero-order valence-electron chi connectivity index (χ0n) is 10.00. The Hall–Kier alpha value is -1.62. The third-order valence-electron chi connectivity index (χ3n) is 2.45. The Morgan fingerprint density at radius 2 is 1.79 bits per heavy atom. The van der Waals surface area contributed by atoms with Crippen molar-refractivity contribution in [3.63, 3.8) is 0 Å². The summed E-state index contributed by atoms with van der Waals surface area (Å²) in [5, 5.41) is 2.79. The highest BCUT2D eigenvalue weighted by molar-refractivity contribution is 9.10. The minimum absolute atomic E-state index is 0.138. The first-order chi connectivity index (χ1) is 9.16. The molecule has 0 spiro atoms. The number of nitrogens with one attached hydrogen (secondary N) is 1. The van der Waals surface area contributed by atoms with Crippen molar-refractivity contribution in [2.75, 3.05) is 18.5 Å². The molecule has 1 N–H and O–H groups in total. The van der Waals surface area contributed by atoms with Gasteiger partial charge in [0.25, 0.3) is 0 Å². The molecule has 0 radical (unpaired) electrons. The first-order valence-electron chi connectivity index (χ1n) is 5.73. The average Bonchev–Trinajstić information content (AvgIpc) is 2.41. The second-order valence-corrected chi connectivity index (χ2v) is 4.75. The minimum atomic E-state index is -0.869. The molecule has 100 valence electrons. The van der Waals surface area contributed by atoms with E-state index in [-0.39, 0.29) is 5.69 Å². The summed E-state index contributed by atoms with van der Waals surface area (Å²) in [7, 11) is 0. The van der Waals surface area contributed by atoms with Crippen molar-refractivity contribution < 1.29 is 13.5 Å². The SMILES string of the molecule is Fc1cccc(NCCOc2ccc(Br)cc2)c1F. The van der Waals surface area contributed by atoms with Crippen molar-refractivity contribution >= 4 is 21.6 Å². The second kappa shape index (κ2) is 6.52. The van der Waals surface area contributed by atoms with Crippen LogP contribution in [0.2, 0.25) is 0 Å². The van der Waals surface area contributed by atoms with Crippen molar-refractivity contribution in [3.05, 3.63) is 58.6 Å². The standard InChI is InChI=1S/C14H12BrF2NO/c15-10-4-6-11(7-5-10)19-9-8-18-13-3-1-2-12(16)14(13)17/h1-7,18H,8-9H2. The zero-order chi connectivity index (χ0) is 13.7. The van der Waals surface area contributed by atoms with Gasteiger partial charge < -0.3 is 10.1 Å². The van der Waals surface area contributed by atoms with Crippen LogP contribution in [0.1, 0.15) is 0 Å². The second-order valence-electron chi connectivity index (χ2n) is 3.83. The van der Waals surface area contributed by atoms with Crippen LogP contribution in [0.4, 0.5) is 14.5 Å². The van der Waals surface area contributed by atoms with Crippen LogP contribution in [-0.4, -0.2) is 13.2 Å². The van der Waals surface area contributed by atoms with E-state index in [0.29, 0.717) is 13.2 Å². The van der Waals surface area contributed by atoms with Gasteiger partial charge in [-0.05, 0) is 36.4 Å². The molecule has 19 heavy (non-hydrogen) atoms. The summed E-state index contributed by atoms with van der Waals surface area (Å²) >= 11 is 3.33. The summed E-state index contributed by atoms with van der Waals surface area (Å²) < 4.78 is 32.7. The van der Waals surface area contributed by atoms with Gasteiger partial charge in [-0.1, -0.05) is 22.0 Å². The molecule has 0 heterocycles. The van der Waals surface area contributed by atoms with Crippen LogP contribution in [0.15, 0.2) is 46.9 Å². The van der Waals surface area contributed by atoms with Gasteiger partial charge in [0.05, 0.1) is 5.69 Å². The summed E-state index contributed by atoms with van der Waals surface area (Å²) in [4.78, 5) is 0. The first kappa shape index (κ1) is 13.8. The Kier molecular flexibility index (Phi) is 4.74. The molecule has 0 aliphatic heterocycles. The Balaban J connectivity index is 1.81. The van der Waals surface area contributed by atoms with E-state index in [9.17, 15) is 8.78 Å². The molecule has 0 bridgehead atoms. The lowest BCUT2D eigenvalue weighted by Crippen LogP contribution is -2.12. The topological polar surface area (TPSA) is 21.3 Å². The van der Waals surface area contributed by atoms with Gasteiger partial charge in [0.2, 0.25) is 0 Å². The number of benzene rings is 2. The van der Waals surface area contributed by atoms with Crippen molar-refractivity contribution in [1.29, 1.82) is 0 Å². The van der Waals surface area contributed by atoms with Gasteiger partial charge in [-0.3, -0.25) is 0 Å². The number of hydrogen-bond acceptors (Lipinski definition) is 2. The fraction of sp³-hybridized carbons (Fsp3) is 0.143. The van der Waals surface area contributed by atoms with Crippen molar-refractivity contribution in [2.45, 2.75) is 0 Å². The predicted octanol–water partition coefficient (Wildman–Crippen LogP) is 4.22. The number of ether oxygens (including phenoxy) is 1. The molecule has 5 heteroatoms. The van der Waals surface area contributed by atoms with Crippen LogP contribution < -0.4 is 10.1 Å². The van der Waals surface area contributed by atoms with Gasteiger partial charge in [-0.2, -0.15) is 0 Å². The fourth-order valence-electron chi connectivity index (χ4n) is 1.53. The predicted molar refractivity (Wildman–Crippen MR) is 74.5 cm³/mol. The molecule has 2 aromatic rings. The Morgan fingerprint density at radius 1 is 1.05 bits per heavy atom. The highest BCUT2D eigenvalue weighted by Gasteiger charge is 2.06. The smallest absolute Gasteiger partial charge is 0.181 e. The lowest BCUT2D eigenvalue weighted by molar-refractivity contribution is 0.332. The summed E-state index contributed by atoms with van der Waals surface area (Å²) in [6, 6.07) is 11.4. The summed E-state index contributed by atoms with van der Waals surface area (Å²) in [5.41, 5.74) is 0.138. The molecule has 0 fully saturated rings. The first-order valence-corrected chi connectivity index (χ1v) is 6.52. The molecular formula is C14H12BrF2NO. The summed E-state index contributed by atoms with van der Waals surface area (Å²) in [6.07, 6.45) is 0. The Morgan fingerprint density at radius 3 is 2.53 bits per heavy atom. The van der Waals surface area contributed by atoms with Gasteiger partial charge in [-0.25, -0.2) is 8.78 Å². The molecule has 2 aromatic carbocycles. The summed E-state index contributed by atoms with van der Waals surface area (Å²) in [5.74, 6) is -1.00. The number of anilines is 1. The highest BCUT2D eigenvalue weighted by atomic mass is 79.9. The van der Waals surface area contributed by atoms with Gasteiger partial charge >= 0.3 is 0 Å². The van der Waals surface area contributed by atoms with E-state index in [1.54, 1.807) is 0 Å². The van der Waals surface area contributed by atoms with Crippen LogP contribution in [-0.2, 0) is 0 Å². The molecule has 0 atom stereocenters. The maximum absolute atomic E-state index is 13.3. The van der Waals surface area contributed by atoms with Crippen LogP contribution in [0, 0.1) is 11.6 Å². The molecule has 0 unspecified atom stereocenters. The van der Waals surface area contributed by atoms with Gasteiger partial charge in [0.1, 0.15) is 12.4 Å². The van der Waals surface area contributed by atoms with Gasteiger partial charge in [0.15, 0.2) is 11.6 Å². The maximum Gasteiger partial charge on any atom is 0.181 e. The molecule has 0 aromatic heterocycles. The Bertz CT molecular complexity index is 546. The molecule has 0 aliphatic carbocycles. The number of rotatable bonds is 5. The molecule has 2 nitrogen and oxygen atoms in total. The van der Waals surface area contributed by atoms with Crippen molar-refractivity contribution in [3.8, 4) is 5.75 Å². The van der Waals surface area contributed by atoms with Crippen LogP contribution in [0.3, 0.4) is 0 Å². The third kappa shape index (κ3) is 3.92. The lowest BCUT2D eigenvalue weighted by atomic mass is 10.3. The van der Waals surface area contributed by atoms with E-state index in [1.807, 2.05) is 24.3 Å². The number of halogens is 3. The van der Waals surface area contributed by atoms with E-state index in [1.165, 1.54) is 12.1 Å². The third-order valence-corrected chi connectivity index (χ3v) is 2.98. The van der Waals surface area contributed by atoms with E-state index in [2.05, 4.69) is 21.2 Å². The van der Waals surface area contributed by atoms with Crippen LogP contribution in [0.25, 0.3) is 0 Å². The molecule has 0 aliphatic rings. The van der Waals surface area contributed by atoms with E-state index in [0.717, 1.165) is 16.3 Å². The van der Waals surface area contributed by atoms with E-state index < -0.39 is 11.6 Å². The summed E-state index contributed by atoms with van der Waals surface area (Å²) in [6.45, 7) is 0.744. The zero-order valence-corrected chi connectivity index (χ0v) is 11.6. The molecule has 0 saturated carbocycles. The molecule has 0 saturated heterocycles. The normalized spacial score (nSPS) is 10.3. The van der Waals surface area contributed by atoms with Crippen LogP contribution >= 0.6 is 15.9 Å². The molecule has 0 amide bonds. The average molecular weight is 328 g/mol. The minimum Gasteiger partial charge on any atom is -0.492 e. The van der Waals surface area contributed by atoms with E-state index in [4.69, 9.17) is 4.74 Å². The van der Waals surface area contributed by atoms with Crippen molar-refractivity contribution in [1.82, 2.24) is 0 Å². The largest absolute Gasteiger partial charge is 0.492 e. The number of hydrogen-bond donors (Lipinski definition) is 1. The van der Waals surface area contributed by atoms with Crippen LogP contribution in [0.5, 0.6) is 5.75 Å². The van der Waals surface area contributed by atoms with Gasteiger partial charge in [-0.15, -0.1) is 0 Å². The maximum atomic E-state index is 13.3. The van der Waals surface area contributed by atoms with Gasteiger partial charge in [0, 0.05) is 11.0 Å².